The molecule has 0 unspecified atom stereocenters. The first-order valence-corrected chi connectivity index (χ1v) is 5.88. The molecule has 18 heavy (non-hydrogen) atoms. The summed E-state index contributed by atoms with van der Waals surface area (Å²) in [5.74, 6) is 0.462. The summed E-state index contributed by atoms with van der Waals surface area (Å²) >= 11 is 0. The Hall–Kier alpha value is -2.10. The molecule has 0 aliphatic carbocycles. The van der Waals surface area contributed by atoms with Crippen molar-refractivity contribution in [2.45, 2.75) is 13.8 Å². The number of benzene rings is 1. The van der Waals surface area contributed by atoms with E-state index in [4.69, 9.17) is 5.73 Å². The van der Waals surface area contributed by atoms with Crippen molar-refractivity contribution in [2.24, 2.45) is 0 Å². The van der Waals surface area contributed by atoms with Crippen LogP contribution in [0.4, 0.5) is 21.6 Å². The van der Waals surface area contributed by atoms with Gasteiger partial charge in [-0.05, 0) is 50.2 Å². The van der Waals surface area contributed by atoms with Gasteiger partial charge in [-0.2, -0.15) is 0 Å². The predicted octanol–water partition coefficient (Wildman–Crippen LogP) is 3.27. The Morgan fingerprint density at radius 1 is 1.17 bits per heavy atom. The Balaban J connectivity index is 2.44. The van der Waals surface area contributed by atoms with Crippen LogP contribution in [0.1, 0.15) is 12.6 Å². The van der Waals surface area contributed by atoms with Crippen LogP contribution in [0.2, 0.25) is 0 Å². The highest BCUT2D eigenvalue weighted by molar-refractivity contribution is 5.71. The van der Waals surface area contributed by atoms with Gasteiger partial charge in [-0.25, -0.2) is 9.37 Å². The maximum absolute atomic E-state index is 12.9. The van der Waals surface area contributed by atoms with Crippen molar-refractivity contribution >= 4 is 17.2 Å². The summed E-state index contributed by atoms with van der Waals surface area (Å²) < 4.78 is 12.9. The number of halogens is 1. The topological polar surface area (TPSA) is 42.2 Å². The maximum Gasteiger partial charge on any atom is 0.156 e. The van der Waals surface area contributed by atoms with Gasteiger partial charge >= 0.3 is 0 Å². The molecule has 0 bridgehead atoms. The lowest BCUT2D eigenvalue weighted by Crippen LogP contribution is -2.19. The number of nitrogen functional groups attached to an aromatic ring is 1. The van der Waals surface area contributed by atoms with Crippen LogP contribution in [-0.4, -0.2) is 11.5 Å². The molecule has 94 valence electrons. The monoisotopic (exact) mass is 245 g/mol. The van der Waals surface area contributed by atoms with Crippen molar-refractivity contribution in [3.8, 4) is 0 Å². The van der Waals surface area contributed by atoms with E-state index in [1.807, 2.05) is 30.9 Å². The van der Waals surface area contributed by atoms with E-state index in [1.54, 1.807) is 12.1 Å². The Morgan fingerprint density at radius 2 is 1.83 bits per heavy atom. The van der Waals surface area contributed by atoms with Crippen molar-refractivity contribution in [1.29, 1.82) is 0 Å². The second kappa shape index (κ2) is 5.04. The molecule has 0 fully saturated rings. The smallest absolute Gasteiger partial charge is 0.156 e. The molecule has 0 aliphatic heterocycles. The number of aryl methyl sites for hydroxylation is 1. The Labute approximate surface area is 106 Å². The zero-order chi connectivity index (χ0) is 13.1. The van der Waals surface area contributed by atoms with Crippen LogP contribution in [0.5, 0.6) is 0 Å². The van der Waals surface area contributed by atoms with E-state index >= 15 is 0 Å². The normalized spacial score (nSPS) is 10.4. The van der Waals surface area contributed by atoms with Gasteiger partial charge in [0.2, 0.25) is 0 Å². The standard InChI is InChI=1S/C14H16FN3/c1-3-18(12-7-5-11(15)6-8-12)14-13(16)9-4-10(2)17-14/h4-9H,3,16H2,1-2H3. The number of nitrogens with two attached hydrogens (primary N) is 1. The molecule has 1 aromatic heterocycles. The second-order valence-corrected chi connectivity index (χ2v) is 4.09. The van der Waals surface area contributed by atoms with Crippen molar-refractivity contribution in [2.75, 3.05) is 17.2 Å². The van der Waals surface area contributed by atoms with Gasteiger partial charge < -0.3 is 10.6 Å². The third-order valence-electron chi connectivity index (χ3n) is 2.75. The van der Waals surface area contributed by atoms with E-state index in [0.29, 0.717) is 18.1 Å². The van der Waals surface area contributed by atoms with Crippen LogP contribution >= 0.6 is 0 Å². The summed E-state index contributed by atoms with van der Waals surface area (Å²) in [5, 5.41) is 0. The van der Waals surface area contributed by atoms with E-state index in [9.17, 15) is 4.39 Å². The van der Waals surface area contributed by atoms with Gasteiger partial charge in [-0.1, -0.05) is 0 Å². The zero-order valence-electron chi connectivity index (χ0n) is 10.5. The average molecular weight is 245 g/mol. The molecule has 1 aromatic carbocycles. The fourth-order valence-electron chi connectivity index (χ4n) is 1.85. The summed E-state index contributed by atoms with van der Waals surface area (Å²) in [6.45, 7) is 4.64. The van der Waals surface area contributed by atoms with Crippen molar-refractivity contribution in [3.05, 3.63) is 47.9 Å². The Kier molecular flexibility index (Phi) is 3.46. The number of pyridine rings is 1. The molecule has 0 saturated heterocycles. The summed E-state index contributed by atoms with van der Waals surface area (Å²) in [6, 6.07) is 10.0. The summed E-state index contributed by atoms with van der Waals surface area (Å²) in [4.78, 5) is 6.41. The molecule has 0 spiro atoms. The first-order valence-electron chi connectivity index (χ1n) is 5.88. The van der Waals surface area contributed by atoms with Crippen LogP contribution in [0, 0.1) is 12.7 Å². The molecule has 2 rings (SSSR count). The fraction of sp³-hybridized carbons (Fsp3) is 0.214. The van der Waals surface area contributed by atoms with Gasteiger partial charge in [-0.3, -0.25) is 0 Å². The summed E-state index contributed by atoms with van der Waals surface area (Å²) in [5.41, 5.74) is 8.35. The van der Waals surface area contributed by atoms with Crippen LogP contribution in [-0.2, 0) is 0 Å². The predicted molar refractivity (Wildman–Crippen MR) is 72.5 cm³/mol. The minimum Gasteiger partial charge on any atom is -0.396 e. The molecule has 0 radical (unpaired) electrons. The Bertz CT molecular complexity index is 537. The van der Waals surface area contributed by atoms with Gasteiger partial charge in [0, 0.05) is 17.9 Å². The third kappa shape index (κ3) is 2.42. The molecule has 2 N–H and O–H groups in total. The van der Waals surface area contributed by atoms with Gasteiger partial charge in [0.05, 0.1) is 5.69 Å². The third-order valence-corrected chi connectivity index (χ3v) is 2.75. The van der Waals surface area contributed by atoms with Crippen molar-refractivity contribution in [3.63, 3.8) is 0 Å². The van der Waals surface area contributed by atoms with Crippen LogP contribution in [0.3, 0.4) is 0 Å². The van der Waals surface area contributed by atoms with E-state index < -0.39 is 0 Å². The molecule has 3 nitrogen and oxygen atoms in total. The van der Waals surface area contributed by atoms with Gasteiger partial charge in [0.15, 0.2) is 5.82 Å². The van der Waals surface area contributed by atoms with Crippen LogP contribution in [0.25, 0.3) is 0 Å². The lowest BCUT2D eigenvalue weighted by Gasteiger charge is -2.23. The molecular weight excluding hydrogens is 229 g/mol. The van der Waals surface area contributed by atoms with E-state index in [2.05, 4.69) is 4.98 Å². The molecule has 0 amide bonds. The SMILES string of the molecule is CCN(c1ccc(F)cc1)c1nc(C)ccc1N. The number of rotatable bonds is 3. The maximum atomic E-state index is 12.9. The quantitative estimate of drug-likeness (QED) is 0.902. The Morgan fingerprint density at radius 3 is 2.44 bits per heavy atom. The van der Waals surface area contributed by atoms with E-state index in [-0.39, 0.29) is 5.82 Å². The summed E-state index contributed by atoms with van der Waals surface area (Å²) in [6.07, 6.45) is 0. The largest absolute Gasteiger partial charge is 0.396 e. The summed E-state index contributed by atoms with van der Waals surface area (Å²) in [7, 11) is 0. The highest BCUT2D eigenvalue weighted by Crippen LogP contribution is 2.28. The molecule has 4 heteroatoms. The minimum absolute atomic E-state index is 0.250. The first kappa shape index (κ1) is 12.4. The van der Waals surface area contributed by atoms with Crippen LogP contribution < -0.4 is 10.6 Å². The zero-order valence-corrected chi connectivity index (χ0v) is 10.5. The number of hydrogen-bond acceptors (Lipinski definition) is 3. The fourth-order valence-corrected chi connectivity index (χ4v) is 1.85. The van der Waals surface area contributed by atoms with Gasteiger partial charge in [0.25, 0.3) is 0 Å². The van der Waals surface area contributed by atoms with Crippen molar-refractivity contribution < 1.29 is 4.39 Å². The highest BCUT2D eigenvalue weighted by Gasteiger charge is 2.12. The van der Waals surface area contributed by atoms with Crippen LogP contribution in [0.15, 0.2) is 36.4 Å². The molecule has 0 aliphatic rings. The lowest BCUT2D eigenvalue weighted by molar-refractivity contribution is 0.628. The first-order chi connectivity index (χ1) is 8.61. The molecule has 0 saturated carbocycles. The van der Waals surface area contributed by atoms with E-state index in [0.717, 1.165) is 11.4 Å². The van der Waals surface area contributed by atoms with Crippen molar-refractivity contribution in [1.82, 2.24) is 4.98 Å². The molecule has 0 atom stereocenters. The number of aromatic nitrogens is 1. The van der Waals surface area contributed by atoms with Gasteiger partial charge in [0.1, 0.15) is 5.82 Å². The molecule has 1 heterocycles. The second-order valence-electron chi connectivity index (χ2n) is 4.09. The lowest BCUT2D eigenvalue weighted by atomic mass is 10.2. The number of anilines is 3. The molecular formula is C14H16FN3. The molecule has 2 aromatic rings. The average Bonchev–Trinajstić information content (AvgIpc) is 2.37. The number of hydrogen-bond donors (Lipinski definition) is 1. The highest BCUT2D eigenvalue weighted by atomic mass is 19.1. The number of nitrogens with zero attached hydrogens (tertiary/aromatic N) is 2. The minimum atomic E-state index is -0.250. The van der Waals surface area contributed by atoms with Gasteiger partial charge in [-0.15, -0.1) is 0 Å². The van der Waals surface area contributed by atoms with E-state index in [1.165, 1.54) is 12.1 Å².